The number of hydrogen-bond donors (Lipinski definition) is 2. The highest BCUT2D eigenvalue weighted by atomic mass is 19.1. The fraction of sp³-hybridized carbons (Fsp3) is 0.222. The summed E-state index contributed by atoms with van der Waals surface area (Å²) in [4.78, 5) is 20.0. The van der Waals surface area contributed by atoms with Crippen LogP contribution in [-0.4, -0.2) is 24.2 Å². The van der Waals surface area contributed by atoms with Crippen LogP contribution in [0.2, 0.25) is 0 Å². The molecule has 0 fully saturated rings. The molecule has 1 amide bonds. The van der Waals surface area contributed by atoms with E-state index in [4.69, 9.17) is 5.73 Å². The molecule has 0 aliphatic rings. The number of rotatable bonds is 5. The third kappa shape index (κ3) is 4.33. The van der Waals surface area contributed by atoms with Gasteiger partial charge < -0.3 is 15.8 Å². The highest BCUT2D eigenvalue weighted by molar-refractivity contribution is 5.64. The highest BCUT2D eigenvalue weighted by Crippen LogP contribution is 2.19. The second-order valence-corrected chi connectivity index (χ2v) is 3.05. The van der Waals surface area contributed by atoms with Gasteiger partial charge in [-0.2, -0.15) is 0 Å². The summed E-state index contributed by atoms with van der Waals surface area (Å²) in [5.41, 5.74) is 4.59. The van der Waals surface area contributed by atoms with Crippen LogP contribution in [0.3, 0.4) is 0 Å². The molecule has 1 aromatic carbocycles. The normalized spacial score (nSPS) is 9.71. The van der Waals surface area contributed by atoms with E-state index in [1.807, 2.05) is 0 Å². The molecule has 0 radical (unpaired) electrons. The first-order valence-corrected chi connectivity index (χ1v) is 4.60. The zero-order chi connectivity index (χ0) is 12.8. The first kappa shape index (κ1) is 12.7. The maximum atomic E-state index is 13.0. The van der Waals surface area contributed by atoms with Crippen LogP contribution in [0.25, 0.3) is 0 Å². The molecule has 1 aromatic rings. The number of ether oxygens (including phenoxy) is 1. The van der Waals surface area contributed by atoms with Crippen molar-refractivity contribution in [3.8, 4) is 0 Å². The molecule has 0 aromatic heterocycles. The van der Waals surface area contributed by atoms with Crippen LogP contribution in [0.4, 0.5) is 20.6 Å². The van der Waals surface area contributed by atoms with Gasteiger partial charge in [0.2, 0.25) is 0 Å². The number of non-ortho nitro benzene ring substituents is 1. The topological polar surface area (TPSA) is 107 Å². The molecular formula is C9H10FN3O4. The number of halogens is 1. The quantitative estimate of drug-likeness (QED) is 0.459. The molecule has 1 rings (SSSR count). The van der Waals surface area contributed by atoms with E-state index in [0.717, 1.165) is 12.1 Å². The fourth-order valence-electron chi connectivity index (χ4n) is 1.13. The van der Waals surface area contributed by atoms with Gasteiger partial charge in [-0.05, 0) is 6.07 Å². The minimum Gasteiger partial charge on any atom is -0.448 e. The van der Waals surface area contributed by atoms with Crippen molar-refractivity contribution in [3.05, 3.63) is 34.1 Å². The largest absolute Gasteiger partial charge is 0.448 e. The third-order valence-corrected chi connectivity index (χ3v) is 1.77. The summed E-state index contributed by atoms with van der Waals surface area (Å²) in [5.74, 6) is -0.725. The number of nitro groups is 1. The third-order valence-electron chi connectivity index (χ3n) is 1.77. The van der Waals surface area contributed by atoms with Crippen LogP contribution >= 0.6 is 0 Å². The Bertz CT molecular complexity index is 438. The van der Waals surface area contributed by atoms with E-state index in [1.54, 1.807) is 0 Å². The molecular weight excluding hydrogens is 233 g/mol. The van der Waals surface area contributed by atoms with Gasteiger partial charge in [0, 0.05) is 18.3 Å². The number of carbonyl (C=O) groups excluding carboxylic acids is 1. The van der Waals surface area contributed by atoms with Gasteiger partial charge in [0.1, 0.15) is 12.4 Å². The molecule has 0 aliphatic carbocycles. The Labute approximate surface area is 95.5 Å². The van der Waals surface area contributed by atoms with Gasteiger partial charge in [0.25, 0.3) is 5.69 Å². The van der Waals surface area contributed by atoms with Crippen molar-refractivity contribution in [2.24, 2.45) is 5.73 Å². The summed E-state index contributed by atoms with van der Waals surface area (Å²) in [6, 6.07) is 3.08. The summed E-state index contributed by atoms with van der Waals surface area (Å²) in [6.07, 6.45) is -0.919. The Morgan fingerprint density at radius 3 is 2.82 bits per heavy atom. The molecule has 0 saturated carbocycles. The average Bonchev–Trinajstić information content (AvgIpc) is 2.23. The number of nitrogens with one attached hydrogen (secondary N) is 1. The number of anilines is 1. The van der Waals surface area contributed by atoms with Gasteiger partial charge in [-0.15, -0.1) is 0 Å². The minimum absolute atomic E-state index is 0.0142. The molecule has 7 nitrogen and oxygen atoms in total. The second-order valence-electron chi connectivity index (χ2n) is 3.05. The van der Waals surface area contributed by atoms with E-state index < -0.39 is 16.8 Å². The first-order valence-electron chi connectivity index (χ1n) is 4.60. The number of nitrogens with two attached hydrogens (primary N) is 1. The Kier molecular flexibility index (Phi) is 4.21. The predicted octanol–water partition coefficient (Wildman–Crippen LogP) is 1.24. The Hall–Kier alpha value is -2.38. The highest BCUT2D eigenvalue weighted by Gasteiger charge is 2.09. The van der Waals surface area contributed by atoms with E-state index in [1.165, 1.54) is 6.07 Å². The molecule has 17 heavy (non-hydrogen) atoms. The summed E-state index contributed by atoms with van der Waals surface area (Å²) < 4.78 is 17.4. The average molecular weight is 243 g/mol. The van der Waals surface area contributed by atoms with E-state index in [-0.39, 0.29) is 24.5 Å². The van der Waals surface area contributed by atoms with Crippen molar-refractivity contribution in [1.82, 2.24) is 0 Å². The number of nitro benzene ring substituents is 1. The van der Waals surface area contributed by atoms with Crippen molar-refractivity contribution in [2.45, 2.75) is 0 Å². The monoisotopic (exact) mass is 243 g/mol. The molecule has 0 atom stereocenters. The minimum atomic E-state index is -0.919. The van der Waals surface area contributed by atoms with E-state index in [2.05, 4.69) is 10.1 Å². The van der Waals surface area contributed by atoms with Crippen molar-refractivity contribution >= 4 is 17.5 Å². The van der Waals surface area contributed by atoms with E-state index in [9.17, 15) is 19.3 Å². The summed E-state index contributed by atoms with van der Waals surface area (Å²) in [5, 5.41) is 13.1. The van der Waals surface area contributed by atoms with Crippen molar-refractivity contribution in [3.63, 3.8) is 0 Å². The van der Waals surface area contributed by atoms with Gasteiger partial charge in [-0.25, -0.2) is 9.18 Å². The zero-order valence-electron chi connectivity index (χ0n) is 8.68. The maximum absolute atomic E-state index is 13.0. The molecule has 0 unspecified atom stereocenters. The summed E-state index contributed by atoms with van der Waals surface area (Å²) >= 11 is 0. The molecule has 0 spiro atoms. The molecule has 0 heterocycles. The number of amides is 1. The number of carbonyl (C=O) groups is 1. The number of hydrogen-bond acceptors (Lipinski definition) is 5. The van der Waals surface area contributed by atoms with Gasteiger partial charge in [-0.1, -0.05) is 0 Å². The molecule has 0 aliphatic heterocycles. The molecule has 3 N–H and O–H groups in total. The fourth-order valence-corrected chi connectivity index (χ4v) is 1.13. The molecule has 0 saturated heterocycles. The predicted molar refractivity (Wildman–Crippen MR) is 57.1 cm³/mol. The summed E-state index contributed by atoms with van der Waals surface area (Å²) in [6.45, 7) is 0.156. The second kappa shape index (κ2) is 5.64. The number of benzene rings is 1. The van der Waals surface area contributed by atoms with Crippen molar-refractivity contribution in [1.29, 1.82) is 0 Å². The van der Waals surface area contributed by atoms with Crippen LogP contribution in [0.1, 0.15) is 0 Å². The SMILES string of the molecule is NC(=O)OCCNc1cc(F)cc([N+](=O)[O-])c1. The number of primary amides is 1. The van der Waals surface area contributed by atoms with Crippen molar-refractivity contribution in [2.75, 3.05) is 18.5 Å². The lowest BCUT2D eigenvalue weighted by atomic mass is 10.2. The lowest BCUT2D eigenvalue weighted by Gasteiger charge is -2.06. The Morgan fingerprint density at radius 2 is 2.24 bits per heavy atom. The number of nitrogens with zero attached hydrogens (tertiary/aromatic N) is 1. The molecule has 0 bridgehead atoms. The van der Waals surface area contributed by atoms with Gasteiger partial charge in [0.05, 0.1) is 11.0 Å². The maximum Gasteiger partial charge on any atom is 0.404 e. The van der Waals surface area contributed by atoms with Gasteiger partial charge >= 0.3 is 6.09 Å². The van der Waals surface area contributed by atoms with Crippen LogP contribution in [0.5, 0.6) is 0 Å². The van der Waals surface area contributed by atoms with Gasteiger partial charge in [-0.3, -0.25) is 10.1 Å². The zero-order valence-corrected chi connectivity index (χ0v) is 8.68. The standard InChI is InChI=1S/C9H10FN3O4/c10-6-3-7(5-8(4-6)13(15)16)12-1-2-17-9(11)14/h3-5,12H,1-2H2,(H2,11,14). The van der Waals surface area contributed by atoms with E-state index in [0.29, 0.717) is 0 Å². The Morgan fingerprint density at radius 1 is 1.53 bits per heavy atom. The smallest absolute Gasteiger partial charge is 0.404 e. The Balaban J connectivity index is 2.59. The van der Waals surface area contributed by atoms with Crippen molar-refractivity contribution < 1.29 is 18.8 Å². The van der Waals surface area contributed by atoms with Crippen LogP contribution in [0.15, 0.2) is 18.2 Å². The molecule has 92 valence electrons. The molecule has 8 heteroatoms. The van der Waals surface area contributed by atoms with Crippen LogP contribution in [0, 0.1) is 15.9 Å². The lowest BCUT2D eigenvalue weighted by Crippen LogP contribution is -2.18. The van der Waals surface area contributed by atoms with E-state index >= 15 is 0 Å². The lowest BCUT2D eigenvalue weighted by molar-refractivity contribution is -0.385. The van der Waals surface area contributed by atoms with Crippen LogP contribution in [-0.2, 0) is 4.74 Å². The van der Waals surface area contributed by atoms with Gasteiger partial charge in [0.15, 0.2) is 0 Å². The van der Waals surface area contributed by atoms with Crippen LogP contribution < -0.4 is 11.1 Å². The first-order chi connectivity index (χ1) is 7.99. The summed E-state index contributed by atoms with van der Waals surface area (Å²) in [7, 11) is 0.